The molecule has 0 saturated carbocycles. The number of halogens is 8. The molecule has 0 atom stereocenters. The van der Waals surface area contributed by atoms with Crippen LogP contribution in [0, 0.1) is 7.43 Å². The fourth-order valence-corrected chi connectivity index (χ4v) is 3.62. The largest absolute Gasteiger partial charge is 1.00 e. The van der Waals surface area contributed by atoms with Crippen molar-refractivity contribution < 1.29 is 65.0 Å². The first kappa shape index (κ1) is 41.0. The molecule has 0 fully saturated rings. The van der Waals surface area contributed by atoms with Gasteiger partial charge in [-0.3, -0.25) is 0 Å². The Bertz CT molecular complexity index is 1090. The van der Waals surface area contributed by atoms with Gasteiger partial charge in [0.25, 0.3) is 0 Å². The Kier molecular flexibility index (Phi) is 19.4. The molecule has 2 aromatic rings. The van der Waals surface area contributed by atoms with Crippen LogP contribution >= 0.6 is 38.5 Å². The third-order valence-electron chi connectivity index (χ3n) is 4.73. The Balaban J connectivity index is -0.000000582. The second-order valence-electron chi connectivity index (χ2n) is 7.04. The quantitative estimate of drug-likeness (QED) is 0.122. The molecular weight excluding hydrogens is 692 g/mol. The predicted molar refractivity (Wildman–Crippen MR) is 144 cm³/mol. The number of allylic oxidation sites excluding steroid dienone is 2. The van der Waals surface area contributed by atoms with Gasteiger partial charge in [0.05, 0.1) is 22.3 Å². The van der Waals surface area contributed by atoms with E-state index in [2.05, 4.69) is 38.5 Å². The molecule has 0 heterocycles. The molecule has 0 spiro atoms. The van der Waals surface area contributed by atoms with Gasteiger partial charge in [-0.25, -0.2) is 9.59 Å². The number of rotatable bonds is 3. The number of carboxylic acids is 2. The van der Waals surface area contributed by atoms with Crippen molar-refractivity contribution in [2.45, 2.75) is 45.5 Å². The van der Waals surface area contributed by atoms with Gasteiger partial charge in [0.1, 0.15) is 0 Å². The van der Waals surface area contributed by atoms with Gasteiger partial charge in [0.2, 0.25) is 0 Å². The zero-order chi connectivity index (χ0) is 27.0. The van der Waals surface area contributed by atoms with E-state index >= 15 is 0 Å². The van der Waals surface area contributed by atoms with E-state index in [1.54, 1.807) is 0 Å². The Morgan fingerprint density at radius 1 is 0.842 bits per heavy atom. The first-order chi connectivity index (χ1) is 16.2. The predicted octanol–water partition coefficient (Wildman–Crippen LogP) is 6.67. The summed E-state index contributed by atoms with van der Waals surface area (Å²) in [6, 6.07) is 5.96. The maximum absolute atomic E-state index is 13.0. The fraction of sp³-hybridized carbons (Fsp3) is 0.320. The molecule has 4 nitrogen and oxygen atoms in total. The van der Waals surface area contributed by atoms with E-state index in [1.165, 1.54) is 12.1 Å². The molecule has 2 N–H and O–H groups in total. The molecule has 0 saturated heterocycles. The number of aromatic carboxylic acids is 2. The average molecular weight is 719 g/mol. The summed E-state index contributed by atoms with van der Waals surface area (Å²) in [4.78, 5) is 23.2. The van der Waals surface area contributed by atoms with E-state index in [-0.39, 0.29) is 54.9 Å². The molecule has 1 aliphatic rings. The van der Waals surface area contributed by atoms with Crippen molar-refractivity contribution >= 4 is 56.0 Å². The van der Waals surface area contributed by atoms with Gasteiger partial charge in [0, 0.05) is 4.47 Å². The maximum Gasteiger partial charge on any atom is 1.00 e. The van der Waals surface area contributed by atoms with Crippen LogP contribution in [0.15, 0.2) is 46.9 Å². The Labute approximate surface area is 252 Å². The maximum atomic E-state index is 13.0. The van der Waals surface area contributed by atoms with Crippen LogP contribution in [-0.4, -0.2) is 27.1 Å². The van der Waals surface area contributed by atoms with Crippen molar-refractivity contribution in [1.82, 2.24) is 0 Å². The molecule has 208 valence electrons. The molecule has 3 rings (SSSR count). The topological polar surface area (TPSA) is 74.6 Å². The summed E-state index contributed by atoms with van der Waals surface area (Å²) < 4.78 is 75.7. The van der Waals surface area contributed by atoms with Crippen molar-refractivity contribution in [3.8, 4) is 0 Å². The van der Waals surface area contributed by atoms with Crippen LogP contribution in [-0.2, 0) is 12.4 Å². The summed E-state index contributed by atoms with van der Waals surface area (Å²) in [5.41, 5.74) is -1.81. The molecule has 0 amide bonds. The number of carbonyl (C=O) groups is 2. The second kappa shape index (κ2) is 18.0. The van der Waals surface area contributed by atoms with Crippen LogP contribution in [0.3, 0.4) is 0 Å². The first-order valence-corrected chi connectivity index (χ1v) is 12.8. The molecule has 2 aromatic carbocycles. The van der Waals surface area contributed by atoms with E-state index in [4.69, 9.17) is 10.2 Å². The smallest absolute Gasteiger partial charge is 0.478 e. The van der Waals surface area contributed by atoms with Crippen LogP contribution in [0.1, 0.15) is 70.5 Å². The zero-order valence-electron chi connectivity index (χ0n) is 20.1. The number of hydrogen-bond acceptors (Lipinski definition) is 2. The van der Waals surface area contributed by atoms with Gasteiger partial charge in [-0.1, -0.05) is 58.1 Å². The minimum absolute atomic E-state index is 0. The molecule has 0 bridgehead atoms. The summed E-state index contributed by atoms with van der Waals surface area (Å²) >= 11 is 4.85. The number of alkyl halides is 7. The molecule has 0 unspecified atom stereocenters. The molecule has 1 aliphatic carbocycles. The summed E-state index contributed by atoms with van der Waals surface area (Å²) in [5.74, 6) is -2.74. The standard InChI is InChI=1S/C14H13F3O2.C8H4BrF3O2.CH3I.CH4.CH3.Li/c15-14(16,17)12-8-10(13(18)19)6-7-11(12)9-4-2-1-3-5-9;9-6-2-1-4(7(13)14)3-5(6)8(10,11)12;1-2;;;/h4,6-8H,1-3,5H2,(H,18,19);1-3H,(H,13,14);1H3;1H4;1H3;/q;;;;-1;+1. The summed E-state index contributed by atoms with van der Waals surface area (Å²) in [6.45, 7) is 0. The number of benzene rings is 2. The normalized spacial score (nSPS) is 12.4. The van der Waals surface area contributed by atoms with Gasteiger partial charge in [-0.05, 0) is 72.1 Å². The third kappa shape index (κ3) is 12.1. The number of carboxylic acid groups (broad SMARTS) is 2. The van der Waals surface area contributed by atoms with Crippen LogP contribution in [0.25, 0.3) is 5.57 Å². The van der Waals surface area contributed by atoms with Gasteiger partial charge < -0.3 is 17.6 Å². The zero-order valence-corrected chi connectivity index (χ0v) is 23.8. The molecule has 0 radical (unpaired) electrons. The minimum atomic E-state index is -4.55. The van der Waals surface area contributed by atoms with Crippen molar-refractivity contribution in [3.63, 3.8) is 0 Å². The van der Waals surface area contributed by atoms with E-state index in [9.17, 15) is 35.9 Å². The van der Waals surface area contributed by atoms with Crippen LogP contribution in [0.5, 0.6) is 0 Å². The molecule has 0 aliphatic heterocycles. The number of hydrogen-bond donors (Lipinski definition) is 2. The molecule has 0 aromatic heterocycles. The third-order valence-corrected chi connectivity index (χ3v) is 5.42. The van der Waals surface area contributed by atoms with E-state index < -0.39 is 35.4 Å². The van der Waals surface area contributed by atoms with E-state index in [0.717, 1.165) is 31.4 Å². The second-order valence-corrected chi connectivity index (χ2v) is 7.89. The van der Waals surface area contributed by atoms with E-state index in [0.29, 0.717) is 24.1 Å². The SMILES string of the molecule is C.CI.O=C(O)c1ccc(Br)c(C(F)(F)F)c1.O=C(O)c1ccc(C2=CCCCC2)c(C(F)(F)F)c1.[CH3-].[Li+]. The molecular formula is C25H27BrF6ILiO4. The fourth-order valence-electron chi connectivity index (χ4n) is 3.15. The van der Waals surface area contributed by atoms with Gasteiger partial charge >= 0.3 is 43.2 Å². The van der Waals surface area contributed by atoms with E-state index in [1.807, 2.05) is 11.0 Å². The minimum Gasteiger partial charge on any atom is -0.478 e. The van der Waals surface area contributed by atoms with Crippen LogP contribution < -0.4 is 18.9 Å². The van der Waals surface area contributed by atoms with Gasteiger partial charge in [-0.2, -0.15) is 26.3 Å². The van der Waals surface area contributed by atoms with Crippen molar-refractivity contribution in [1.29, 1.82) is 0 Å². The summed E-state index contributed by atoms with van der Waals surface area (Å²) in [7, 11) is 0. The van der Waals surface area contributed by atoms with Crippen molar-refractivity contribution in [2.24, 2.45) is 0 Å². The Hall–Kier alpha value is -1.49. The van der Waals surface area contributed by atoms with Crippen molar-refractivity contribution in [3.05, 3.63) is 82.2 Å². The summed E-state index contributed by atoms with van der Waals surface area (Å²) in [6.07, 6.45) is -4.05. The average Bonchev–Trinajstić information content (AvgIpc) is 2.80. The Morgan fingerprint density at radius 2 is 1.29 bits per heavy atom. The van der Waals surface area contributed by atoms with Gasteiger partial charge in [0.15, 0.2) is 0 Å². The Morgan fingerprint density at radius 3 is 1.68 bits per heavy atom. The summed E-state index contributed by atoms with van der Waals surface area (Å²) in [5, 5.41) is 17.3. The molecule has 13 heteroatoms. The van der Waals surface area contributed by atoms with Gasteiger partial charge in [-0.15, -0.1) is 0 Å². The van der Waals surface area contributed by atoms with Crippen LogP contribution in [0.2, 0.25) is 0 Å². The molecule has 38 heavy (non-hydrogen) atoms. The van der Waals surface area contributed by atoms with Crippen LogP contribution in [0.4, 0.5) is 26.3 Å². The first-order valence-electron chi connectivity index (χ1n) is 9.83. The van der Waals surface area contributed by atoms with Crippen molar-refractivity contribution in [2.75, 3.05) is 4.93 Å². The monoisotopic (exact) mass is 718 g/mol.